The number of anilines is 4. The number of nitrogens with zero attached hydrogens (tertiary/aromatic N) is 1. The van der Waals surface area contributed by atoms with Crippen molar-refractivity contribution in [3.63, 3.8) is 0 Å². The highest BCUT2D eigenvalue weighted by atomic mass is 16.5. The third kappa shape index (κ3) is 3.15. The van der Waals surface area contributed by atoms with Crippen LogP contribution in [0.1, 0.15) is 0 Å². The maximum Gasteiger partial charge on any atom is 0.119 e. The van der Waals surface area contributed by atoms with E-state index >= 15 is 0 Å². The summed E-state index contributed by atoms with van der Waals surface area (Å²) in [6.45, 7) is 0. The molecule has 0 fully saturated rings. The van der Waals surface area contributed by atoms with Gasteiger partial charge in [0.05, 0.1) is 29.5 Å². The molecule has 0 saturated carbocycles. The van der Waals surface area contributed by atoms with E-state index in [2.05, 4.69) is 69.8 Å². The summed E-state index contributed by atoms with van der Waals surface area (Å²) in [6, 6.07) is 30.9. The average molecular weight is 379 g/mol. The van der Waals surface area contributed by atoms with Crippen LogP contribution in [0.4, 0.5) is 22.7 Å². The maximum atomic E-state index is 5.30. The molecule has 2 N–H and O–H groups in total. The first kappa shape index (κ1) is 17.2. The Morgan fingerprint density at radius 1 is 0.621 bits per heavy atom. The maximum absolute atomic E-state index is 5.30. The predicted molar refractivity (Wildman–Crippen MR) is 121 cm³/mol. The number of ether oxygens (including phenoxy) is 1. The highest BCUT2D eigenvalue weighted by molar-refractivity contribution is 6.07. The van der Waals surface area contributed by atoms with Gasteiger partial charge in [-0.3, -0.25) is 0 Å². The van der Waals surface area contributed by atoms with Crippen molar-refractivity contribution in [2.75, 3.05) is 17.7 Å². The van der Waals surface area contributed by atoms with Gasteiger partial charge in [-0.15, -0.1) is 0 Å². The molecule has 0 unspecified atom stereocenters. The molecule has 0 aliphatic carbocycles. The first-order valence-corrected chi connectivity index (χ1v) is 9.58. The van der Waals surface area contributed by atoms with Crippen LogP contribution in [-0.2, 0) is 0 Å². The summed E-state index contributed by atoms with van der Waals surface area (Å²) in [7, 11) is 1.68. The van der Waals surface area contributed by atoms with Gasteiger partial charge >= 0.3 is 0 Å². The minimum Gasteiger partial charge on any atom is -0.497 e. The van der Waals surface area contributed by atoms with Gasteiger partial charge in [0.2, 0.25) is 0 Å². The molecule has 0 radical (unpaired) electrons. The summed E-state index contributed by atoms with van der Waals surface area (Å²) in [4.78, 5) is 0. The van der Waals surface area contributed by atoms with Crippen molar-refractivity contribution in [3.8, 4) is 5.75 Å². The summed E-state index contributed by atoms with van der Waals surface area (Å²) in [5.41, 5.74) is 6.40. The summed E-state index contributed by atoms with van der Waals surface area (Å²) in [5.74, 6) is 0.838. The van der Waals surface area contributed by atoms with Crippen molar-refractivity contribution in [2.24, 2.45) is 0 Å². The molecule has 2 aromatic heterocycles. The predicted octanol–water partition coefficient (Wildman–Crippen LogP) is 6.59. The van der Waals surface area contributed by atoms with E-state index in [1.165, 1.54) is 0 Å². The van der Waals surface area contributed by atoms with Crippen molar-refractivity contribution < 1.29 is 4.74 Å². The van der Waals surface area contributed by atoms with Gasteiger partial charge in [0.25, 0.3) is 0 Å². The number of pyridine rings is 1. The highest BCUT2D eigenvalue weighted by Gasteiger charge is 2.15. The van der Waals surface area contributed by atoms with Crippen LogP contribution < -0.4 is 15.4 Å². The van der Waals surface area contributed by atoms with E-state index in [4.69, 9.17) is 4.74 Å². The number of aromatic nitrogens is 1. The molecule has 0 bridgehead atoms. The Morgan fingerprint density at radius 3 is 2.07 bits per heavy atom. The van der Waals surface area contributed by atoms with E-state index in [0.29, 0.717) is 0 Å². The lowest BCUT2D eigenvalue weighted by Gasteiger charge is -2.19. The average Bonchev–Trinajstić information content (AvgIpc) is 3.27. The van der Waals surface area contributed by atoms with E-state index < -0.39 is 0 Å². The number of hydrogen-bond donors (Lipinski definition) is 2. The molecule has 4 nitrogen and oxygen atoms in total. The van der Waals surface area contributed by atoms with Crippen LogP contribution in [0.3, 0.4) is 0 Å². The number of methoxy groups -OCH3 is 1. The fourth-order valence-electron chi connectivity index (χ4n) is 3.69. The molecule has 4 heteroatoms. The third-order valence-electron chi connectivity index (χ3n) is 5.09. The number of nitrogens with one attached hydrogen (secondary N) is 2. The zero-order valence-corrected chi connectivity index (χ0v) is 16.1. The van der Waals surface area contributed by atoms with Crippen LogP contribution in [0.5, 0.6) is 5.75 Å². The molecular formula is C25H21N3O. The molecule has 5 rings (SSSR count). The highest BCUT2D eigenvalue weighted by Crippen LogP contribution is 2.39. The zero-order chi connectivity index (χ0) is 19.6. The largest absolute Gasteiger partial charge is 0.497 e. The summed E-state index contributed by atoms with van der Waals surface area (Å²) in [6.07, 6.45) is 2.10. The van der Waals surface area contributed by atoms with Gasteiger partial charge in [-0.25, -0.2) is 0 Å². The van der Waals surface area contributed by atoms with Gasteiger partial charge in [0.15, 0.2) is 0 Å². The quantitative estimate of drug-likeness (QED) is 0.362. The van der Waals surface area contributed by atoms with Gasteiger partial charge in [0, 0.05) is 23.0 Å². The van der Waals surface area contributed by atoms with Gasteiger partial charge in [0.1, 0.15) is 5.75 Å². The minimum absolute atomic E-state index is 0.838. The Balaban J connectivity index is 1.72. The molecule has 0 spiro atoms. The van der Waals surface area contributed by atoms with Gasteiger partial charge in [-0.05, 0) is 54.6 Å². The number of benzene rings is 3. The van der Waals surface area contributed by atoms with Crippen molar-refractivity contribution >= 4 is 39.2 Å². The lowest BCUT2D eigenvalue weighted by Crippen LogP contribution is -2.02. The molecule has 0 aliphatic rings. The fourth-order valence-corrected chi connectivity index (χ4v) is 3.69. The minimum atomic E-state index is 0.838. The molecule has 2 heterocycles. The van der Waals surface area contributed by atoms with Crippen LogP contribution in [0.25, 0.3) is 16.4 Å². The molecule has 29 heavy (non-hydrogen) atoms. The molecule has 0 atom stereocenters. The lowest BCUT2D eigenvalue weighted by atomic mass is 10.1. The zero-order valence-electron chi connectivity index (χ0n) is 16.1. The first-order chi connectivity index (χ1) is 14.3. The summed E-state index contributed by atoms with van der Waals surface area (Å²) < 4.78 is 7.52. The van der Waals surface area contributed by atoms with Crippen molar-refractivity contribution in [3.05, 3.63) is 97.2 Å². The SMILES string of the molecule is COc1ccc(Nc2c(Nc3ccccc3)c3cccn3c3ccccc23)cc1. The molecule has 0 amide bonds. The van der Waals surface area contributed by atoms with Gasteiger partial charge < -0.3 is 19.8 Å². The standard InChI is InChI=1S/C25H21N3O/c1-29-20-15-13-19(14-16-20)26-24-21-10-5-6-11-22(21)28-17-7-12-23(28)25(24)27-18-8-3-2-4-9-18/h2-17,26-27H,1H3. The Labute approximate surface area is 169 Å². The fraction of sp³-hybridized carbons (Fsp3) is 0.0400. The van der Waals surface area contributed by atoms with E-state index in [-0.39, 0.29) is 0 Å². The van der Waals surface area contributed by atoms with Gasteiger partial charge in [-0.1, -0.05) is 36.4 Å². The second kappa shape index (κ2) is 7.24. The normalized spacial score (nSPS) is 10.9. The number of fused-ring (bicyclic) bond motifs is 3. The van der Waals surface area contributed by atoms with Crippen LogP contribution in [-0.4, -0.2) is 11.5 Å². The second-order valence-corrected chi connectivity index (χ2v) is 6.88. The van der Waals surface area contributed by atoms with Crippen molar-refractivity contribution in [2.45, 2.75) is 0 Å². The molecule has 3 aromatic carbocycles. The Morgan fingerprint density at radius 2 is 1.28 bits per heavy atom. The van der Waals surface area contributed by atoms with Crippen molar-refractivity contribution in [1.29, 1.82) is 0 Å². The second-order valence-electron chi connectivity index (χ2n) is 6.88. The first-order valence-electron chi connectivity index (χ1n) is 9.58. The number of para-hydroxylation sites is 2. The third-order valence-corrected chi connectivity index (χ3v) is 5.09. The molecule has 142 valence electrons. The molecule has 5 aromatic rings. The van der Waals surface area contributed by atoms with E-state index in [0.717, 1.165) is 44.9 Å². The van der Waals surface area contributed by atoms with Crippen LogP contribution in [0, 0.1) is 0 Å². The summed E-state index contributed by atoms with van der Waals surface area (Å²) >= 11 is 0. The summed E-state index contributed by atoms with van der Waals surface area (Å²) in [5, 5.41) is 8.41. The Kier molecular flexibility index (Phi) is 4.30. The van der Waals surface area contributed by atoms with E-state index in [1.807, 2.05) is 42.5 Å². The monoisotopic (exact) mass is 379 g/mol. The van der Waals surface area contributed by atoms with Crippen molar-refractivity contribution in [1.82, 2.24) is 4.40 Å². The smallest absolute Gasteiger partial charge is 0.119 e. The molecular weight excluding hydrogens is 358 g/mol. The Hall–Kier alpha value is -3.92. The van der Waals surface area contributed by atoms with Crippen LogP contribution >= 0.6 is 0 Å². The van der Waals surface area contributed by atoms with E-state index in [9.17, 15) is 0 Å². The van der Waals surface area contributed by atoms with Crippen LogP contribution in [0.15, 0.2) is 97.2 Å². The molecule has 0 saturated heterocycles. The van der Waals surface area contributed by atoms with Crippen LogP contribution in [0.2, 0.25) is 0 Å². The molecule has 0 aliphatic heterocycles. The number of hydrogen-bond acceptors (Lipinski definition) is 3. The number of rotatable bonds is 5. The Bertz CT molecular complexity index is 1270. The van der Waals surface area contributed by atoms with Gasteiger partial charge in [-0.2, -0.15) is 0 Å². The lowest BCUT2D eigenvalue weighted by molar-refractivity contribution is 0.415. The van der Waals surface area contributed by atoms with E-state index in [1.54, 1.807) is 7.11 Å². The topological polar surface area (TPSA) is 37.7 Å².